The van der Waals surface area contributed by atoms with Gasteiger partial charge in [0, 0.05) is 24.8 Å². The SMILES string of the molecule is CCNC(=NCc1cccnc1OCC)NCCc1ccc(F)cc1.I. The summed E-state index contributed by atoms with van der Waals surface area (Å²) in [6.07, 6.45) is 2.51. The van der Waals surface area contributed by atoms with Crippen LogP contribution < -0.4 is 15.4 Å². The van der Waals surface area contributed by atoms with Gasteiger partial charge in [0.2, 0.25) is 5.88 Å². The molecule has 1 aromatic carbocycles. The Balaban J connectivity index is 0.00000338. The second kappa shape index (κ2) is 12.5. The zero-order valence-electron chi connectivity index (χ0n) is 15.2. The Kier molecular flexibility index (Phi) is 10.6. The number of rotatable bonds is 8. The summed E-state index contributed by atoms with van der Waals surface area (Å²) in [7, 11) is 0. The third-order valence-corrected chi connectivity index (χ3v) is 3.50. The maximum absolute atomic E-state index is 12.9. The third kappa shape index (κ3) is 7.55. The van der Waals surface area contributed by atoms with Crippen LogP contribution in [-0.2, 0) is 13.0 Å². The summed E-state index contributed by atoms with van der Waals surface area (Å²) in [5, 5.41) is 6.51. The lowest BCUT2D eigenvalue weighted by molar-refractivity contribution is 0.323. The smallest absolute Gasteiger partial charge is 0.218 e. The molecule has 26 heavy (non-hydrogen) atoms. The molecule has 0 radical (unpaired) electrons. The van der Waals surface area contributed by atoms with Gasteiger partial charge in [-0.05, 0) is 44.0 Å². The monoisotopic (exact) mass is 472 g/mol. The zero-order chi connectivity index (χ0) is 17.9. The summed E-state index contributed by atoms with van der Waals surface area (Å²) in [5.74, 6) is 1.14. The standard InChI is InChI=1S/C19H25FN4O.HI/c1-3-21-19(23-13-11-15-7-9-17(20)10-8-15)24-14-16-6-5-12-22-18(16)25-4-2;/h5-10,12H,3-4,11,13-14H2,1-2H3,(H2,21,23,24);1H. The number of pyridine rings is 1. The maximum Gasteiger partial charge on any atom is 0.218 e. The van der Waals surface area contributed by atoms with Crippen LogP contribution in [0.15, 0.2) is 47.6 Å². The first-order valence-corrected chi connectivity index (χ1v) is 8.56. The quantitative estimate of drug-likeness (QED) is 0.351. The van der Waals surface area contributed by atoms with Crippen molar-refractivity contribution >= 4 is 29.9 Å². The third-order valence-electron chi connectivity index (χ3n) is 3.50. The Morgan fingerprint density at radius 3 is 2.62 bits per heavy atom. The minimum Gasteiger partial charge on any atom is -0.478 e. The van der Waals surface area contributed by atoms with Crippen molar-refractivity contribution in [2.75, 3.05) is 19.7 Å². The molecule has 0 aliphatic carbocycles. The fourth-order valence-electron chi connectivity index (χ4n) is 2.29. The minimum atomic E-state index is -0.215. The van der Waals surface area contributed by atoms with Crippen molar-refractivity contribution in [1.29, 1.82) is 0 Å². The van der Waals surface area contributed by atoms with Crippen LogP contribution in [0.4, 0.5) is 4.39 Å². The number of nitrogens with one attached hydrogen (secondary N) is 2. The fourth-order valence-corrected chi connectivity index (χ4v) is 2.29. The summed E-state index contributed by atoms with van der Waals surface area (Å²) in [6, 6.07) is 10.4. The molecule has 142 valence electrons. The molecule has 0 unspecified atom stereocenters. The molecule has 7 heteroatoms. The van der Waals surface area contributed by atoms with Crippen molar-refractivity contribution in [3.05, 3.63) is 59.5 Å². The lowest BCUT2D eigenvalue weighted by Crippen LogP contribution is -2.38. The predicted molar refractivity (Wildman–Crippen MR) is 114 cm³/mol. The van der Waals surface area contributed by atoms with E-state index < -0.39 is 0 Å². The average molecular weight is 472 g/mol. The number of hydrogen-bond donors (Lipinski definition) is 2. The van der Waals surface area contributed by atoms with E-state index in [1.807, 2.05) is 26.0 Å². The second-order valence-corrected chi connectivity index (χ2v) is 5.40. The fraction of sp³-hybridized carbons (Fsp3) is 0.368. The van der Waals surface area contributed by atoms with Crippen molar-refractivity contribution in [1.82, 2.24) is 15.6 Å². The summed E-state index contributed by atoms with van der Waals surface area (Å²) < 4.78 is 18.5. The topological polar surface area (TPSA) is 58.5 Å². The lowest BCUT2D eigenvalue weighted by atomic mass is 10.1. The van der Waals surface area contributed by atoms with Crippen LogP contribution in [0.1, 0.15) is 25.0 Å². The molecule has 1 aromatic heterocycles. The van der Waals surface area contributed by atoms with Crippen LogP contribution in [0.2, 0.25) is 0 Å². The predicted octanol–water partition coefficient (Wildman–Crippen LogP) is 3.54. The number of guanidine groups is 1. The highest BCUT2D eigenvalue weighted by Gasteiger charge is 2.04. The highest BCUT2D eigenvalue weighted by Crippen LogP contribution is 2.15. The van der Waals surface area contributed by atoms with Crippen LogP contribution in [0.5, 0.6) is 5.88 Å². The molecular formula is C19H26FIN4O. The van der Waals surface area contributed by atoms with Gasteiger partial charge in [-0.25, -0.2) is 14.4 Å². The Labute approximate surface area is 171 Å². The van der Waals surface area contributed by atoms with E-state index >= 15 is 0 Å². The molecule has 0 spiro atoms. The van der Waals surface area contributed by atoms with Gasteiger partial charge < -0.3 is 15.4 Å². The van der Waals surface area contributed by atoms with Gasteiger partial charge in [0.25, 0.3) is 0 Å². The van der Waals surface area contributed by atoms with Gasteiger partial charge >= 0.3 is 0 Å². The van der Waals surface area contributed by atoms with Crippen LogP contribution in [-0.4, -0.2) is 30.6 Å². The van der Waals surface area contributed by atoms with Crippen LogP contribution in [0.3, 0.4) is 0 Å². The van der Waals surface area contributed by atoms with Gasteiger partial charge in [-0.3, -0.25) is 0 Å². The van der Waals surface area contributed by atoms with Crippen molar-refractivity contribution in [3.63, 3.8) is 0 Å². The van der Waals surface area contributed by atoms with Gasteiger partial charge in [0.05, 0.1) is 13.2 Å². The van der Waals surface area contributed by atoms with E-state index in [2.05, 4.69) is 20.6 Å². The number of aromatic nitrogens is 1. The first-order chi connectivity index (χ1) is 12.2. The van der Waals surface area contributed by atoms with E-state index in [0.29, 0.717) is 25.6 Å². The van der Waals surface area contributed by atoms with E-state index in [9.17, 15) is 4.39 Å². The lowest BCUT2D eigenvalue weighted by Gasteiger charge is -2.12. The summed E-state index contributed by atoms with van der Waals surface area (Å²) in [4.78, 5) is 8.82. The van der Waals surface area contributed by atoms with E-state index in [0.717, 1.165) is 30.1 Å². The molecular weight excluding hydrogens is 446 g/mol. The molecule has 0 saturated heterocycles. The molecule has 0 bridgehead atoms. The van der Waals surface area contributed by atoms with Crippen molar-refractivity contribution in [3.8, 4) is 5.88 Å². The van der Waals surface area contributed by atoms with Gasteiger partial charge in [-0.1, -0.05) is 18.2 Å². The molecule has 2 aromatic rings. The number of halogens is 2. The Morgan fingerprint density at radius 1 is 1.15 bits per heavy atom. The van der Waals surface area contributed by atoms with Gasteiger partial charge in [0.1, 0.15) is 5.82 Å². The largest absolute Gasteiger partial charge is 0.478 e. The summed E-state index contributed by atoms with van der Waals surface area (Å²) in [5.41, 5.74) is 2.02. The van der Waals surface area contributed by atoms with Crippen LogP contribution >= 0.6 is 24.0 Å². The van der Waals surface area contributed by atoms with Crippen molar-refractivity contribution in [2.24, 2.45) is 4.99 Å². The van der Waals surface area contributed by atoms with Crippen LogP contribution in [0, 0.1) is 5.82 Å². The number of ether oxygens (including phenoxy) is 1. The zero-order valence-corrected chi connectivity index (χ0v) is 17.5. The number of nitrogens with zero attached hydrogens (tertiary/aromatic N) is 2. The van der Waals surface area contributed by atoms with Gasteiger partial charge in [-0.15, -0.1) is 24.0 Å². The molecule has 0 amide bonds. The summed E-state index contributed by atoms with van der Waals surface area (Å²) >= 11 is 0. The molecule has 0 aliphatic rings. The van der Waals surface area contributed by atoms with Crippen molar-refractivity contribution < 1.29 is 9.13 Å². The molecule has 0 saturated carbocycles. The molecule has 0 atom stereocenters. The Hall–Kier alpha value is -1.90. The normalized spacial score (nSPS) is 10.8. The first-order valence-electron chi connectivity index (χ1n) is 8.56. The highest BCUT2D eigenvalue weighted by atomic mass is 127. The van der Waals surface area contributed by atoms with Crippen LogP contribution in [0.25, 0.3) is 0 Å². The summed E-state index contributed by atoms with van der Waals surface area (Å²) in [6.45, 7) is 6.49. The Bertz CT molecular complexity index is 679. The Morgan fingerprint density at radius 2 is 1.92 bits per heavy atom. The maximum atomic E-state index is 12.9. The molecule has 5 nitrogen and oxygen atoms in total. The molecule has 2 N–H and O–H groups in total. The molecule has 1 heterocycles. The number of hydrogen-bond acceptors (Lipinski definition) is 3. The van der Waals surface area contributed by atoms with E-state index in [4.69, 9.17) is 4.74 Å². The van der Waals surface area contributed by atoms with Crippen molar-refractivity contribution in [2.45, 2.75) is 26.8 Å². The molecule has 2 rings (SSSR count). The molecule has 0 aliphatic heterocycles. The highest BCUT2D eigenvalue weighted by molar-refractivity contribution is 14.0. The van der Waals surface area contributed by atoms with E-state index in [1.165, 1.54) is 12.1 Å². The average Bonchev–Trinajstić information content (AvgIpc) is 2.62. The number of benzene rings is 1. The van der Waals surface area contributed by atoms with E-state index in [1.54, 1.807) is 18.3 Å². The second-order valence-electron chi connectivity index (χ2n) is 5.40. The minimum absolute atomic E-state index is 0. The van der Waals surface area contributed by atoms with E-state index in [-0.39, 0.29) is 29.8 Å². The van der Waals surface area contributed by atoms with Gasteiger partial charge in [0.15, 0.2) is 5.96 Å². The molecule has 0 fully saturated rings. The first kappa shape index (κ1) is 22.1. The van der Waals surface area contributed by atoms with Gasteiger partial charge in [-0.2, -0.15) is 0 Å². The number of aliphatic imine (C=N–C) groups is 1.